The fraction of sp³-hybridized carbons (Fsp3) is 0.727. The van der Waals surface area contributed by atoms with Gasteiger partial charge in [-0.1, -0.05) is 0 Å². The van der Waals surface area contributed by atoms with Crippen molar-refractivity contribution >= 4 is 10.0 Å². The van der Waals surface area contributed by atoms with Crippen LogP contribution in [0.25, 0.3) is 0 Å². The van der Waals surface area contributed by atoms with Crippen LogP contribution in [-0.2, 0) is 19.5 Å². The predicted octanol–water partition coefficient (Wildman–Crippen LogP) is 2.26. The Hall–Kier alpha value is -1.26. The Morgan fingerprint density at radius 3 is 2.45 bits per heavy atom. The Labute approximate surface area is 183 Å². The van der Waals surface area contributed by atoms with Crippen LogP contribution in [0.2, 0.25) is 0 Å². The number of ether oxygens (including phenoxy) is 3. The van der Waals surface area contributed by atoms with E-state index in [1.54, 1.807) is 0 Å². The summed E-state index contributed by atoms with van der Waals surface area (Å²) >= 11 is 0. The van der Waals surface area contributed by atoms with Gasteiger partial charge in [0.2, 0.25) is 10.0 Å². The van der Waals surface area contributed by atoms with Crippen molar-refractivity contribution in [3.8, 4) is 5.75 Å². The minimum absolute atomic E-state index is 0.273. The fourth-order valence-corrected chi connectivity index (χ4v) is 7.16. The van der Waals surface area contributed by atoms with Gasteiger partial charge in [0.05, 0.1) is 32.5 Å². The Balaban J connectivity index is 1.19. The molecule has 4 aliphatic rings. The van der Waals surface area contributed by atoms with E-state index in [0.717, 1.165) is 25.7 Å². The van der Waals surface area contributed by atoms with Crippen LogP contribution >= 0.6 is 0 Å². The molecular weight excluding hydrogens is 423 g/mol. The zero-order valence-electron chi connectivity index (χ0n) is 18.2. The first kappa shape index (κ1) is 21.6. The largest absolute Gasteiger partial charge is 0.497 e. The summed E-state index contributed by atoms with van der Waals surface area (Å²) in [5.41, 5.74) is 0.164. The molecule has 3 aliphatic heterocycles. The molecule has 1 aromatic carbocycles. The van der Waals surface area contributed by atoms with Crippen LogP contribution in [-0.4, -0.2) is 82.4 Å². The topological polar surface area (TPSA) is 68.3 Å². The molecule has 4 fully saturated rings. The molecule has 3 heterocycles. The standard InChI is InChI=1S/C22H31FN2O5S/c1-24(16-10-21(11-16)14-29-15-21)17-12-22(30-13-17)5-7-25(8-6-22)31(26,27)20-4-3-18(28-2)9-19(20)23/h3-4,9,16-17H,5-8,10-15H2,1-2H3. The Morgan fingerprint density at radius 2 is 1.87 bits per heavy atom. The second-order valence-corrected chi connectivity index (χ2v) is 11.7. The summed E-state index contributed by atoms with van der Waals surface area (Å²) in [6.07, 6.45) is 4.60. The van der Waals surface area contributed by atoms with Gasteiger partial charge in [0.25, 0.3) is 0 Å². The van der Waals surface area contributed by atoms with Crippen LogP contribution in [0.4, 0.5) is 4.39 Å². The molecular formula is C22H31FN2O5S. The van der Waals surface area contributed by atoms with Crippen LogP contribution in [0, 0.1) is 11.2 Å². The van der Waals surface area contributed by atoms with E-state index in [9.17, 15) is 12.8 Å². The van der Waals surface area contributed by atoms with Gasteiger partial charge in [-0.25, -0.2) is 12.8 Å². The van der Waals surface area contributed by atoms with Crippen molar-refractivity contribution in [3.63, 3.8) is 0 Å². The Morgan fingerprint density at radius 1 is 1.16 bits per heavy atom. The highest BCUT2D eigenvalue weighted by molar-refractivity contribution is 7.89. The molecule has 1 atom stereocenters. The molecule has 1 aromatic rings. The lowest BCUT2D eigenvalue weighted by molar-refractivity contribution is -0.185. The van der Waals surface area contributed by atoms with Crippen LogP contribution in [0.15, 0.2) is 23.1 Å². The molecule has 0 bridgehead atoms. The number of rotatable bonds is 5. The number of piperidine rings is 1. The van der Waals surface area contributed by atoms with E-state index in [1.807, 2.05) is 0 Å². The quantitative estimate of drug-likeness (QED) is 0.680. The SMILES string of the molecule is COc1ccc(S(=O)(=O)N2CCC3(CC2)CC(N(C)C2CC4(COC4)C2)CO3)c(F)c1. The number of halogens is 1. The van der Waals surface area contributed by atoms with Crippen molar-refractivity contribution in [3.05, 3.63) is 24.0 Å². The van der Waals surface area contributed by atoms with Gasteiger partial charge in [-0.2, -0.15) is 4.31 Å². The molecule has 1 saturated carbocycles. The van der Waals surface area contributed by atoms with Gasteiger partial charge >= 0.3 is 0 Å². The highest BCUT2D eigenvalue weighted by Gasteiger charge is 2.53. The van der Waals surface area contributed by atoms with E-state index in [1.165, 1.54) is 36.4 Å². The van der Waals surface area contributed by atoms with Crippen molar-refractivity contribution in [1.29, 1.82) is 0 Å². The summed E-state index contributed by atoms with van der Waals surface area (Å²) in [5.74, 6) is -0.487. The summed E-state index contributed by atoms with van der Waals surface area (Å²) in [7, 11) is -0.275. The molecule has 1 unspecified atom stereocenters. The lowest BCUT2D eigenvalue weighted by Gasteiger charge is -2.56. The minimum atomic E-state index is -3.89. The van der Waals surface area contributed by atoms with Crippen molar-refractivity contribution < 1.29 is 27.0 Å². The van der Waals surface area contributed by atoms with Crippen molar-refractivity contribution in [2.75, 3.05) is 47.1 Å². The molecule has 5 rings (SSSR count). The number of methoxy groups -OCH3 is 1. The van der Waals surface area contributed by atoms with Gasteiger partial charge in [0.15, 0.2) is 0 Å². The monoisotopic (exact) mass is 454 g/mol. The molecule has 0 radical (unpaired) electrons. The Kier molecular flexibility index (Phi) is 5.33. The first-order valence-corrected chi connectivity index (χ1v) is 12.5. The number of hydrogen-bond acceptors (Lipinski definition) is 6. The summed E-state index contributed by atoms with van der Waals surface area (Å²) < 4.78 is 58.4. The highest BCUT2D eigenvalue weighted by atomic mass is 32.2. The maximum absolute atomic E-state index is 14.4. The fourth-order valence-electron chi connectivity index (χ4n) is 5.67. The van der Waals surface area contributed by atoms with Gasteiger partial charge in [-0.3, -0.25) is 4.90 Å². The molecule has 3 saturated heterocycles. The van der Waals surface area contributed by atoms with E-state index >= 15 is 0 Å². The lowest BCUT2D eigenvalue weighted by atomic mass is 9.63. The van der Waals surface area contributed by atoms with Crippen molar-refractivity contribution in [2.24, 2.45) is 5.41 Å². The molecule has 0 aromatic heterocycles. The van der Waals surface area contributed by atoms with Gasteiger partial charge in [0.1, 0.15) is 16.5 Å². The number of hydrogen-bond donors (Lipinski definition) is 0. The third kappa shape index (κ3) is 3.68. The van der Waals surface area contributed by atoms with Crippen LogP contribution < -0.4 is 4.74 Å². The predicted molar refractivity (Wildman–Crippen MR) is 112 cm³/mol. The normalized spacial score (nSPS) is 28.1. The van der Waals surface area contributed by atoms with Crippen molar-refractivity contribution in [2.45, 2.75) is 54.7 Å². The smallest absolute Gasteiger partial charge is 0.245 e. The molecule has 9 heteroatoms. The molecule has 0 amide bonds. The average molecular weight is 455 g/mol. The highest BCUT2D eigenvalue weighted by Crippen LogP contribution is 2.50. The van der Waals surface area contributed by atoms with Gasteiger partial charge in [-0.15, -0.1) is 0 Å². The Bertz CT molecular complexity index is 935. The first-order chi connectivity index (χ1) is 14.8. The molecule has 7 nitrogen and oxygen atoms in total. The van der Waals surface area contributed by atoms with E-state index in [-0.39, 0.29) is 10.5 Å². The van der Waals surface area contributed by atoms with Crippen LogP contribution in [0.1, 0.15) is 32.1 Å². The minimum Gasteiger partial charge on any atom is -0.497 e. The van der Waals surface area contributed by atoms with E-state index in [0.29, 0.717) is 55.8 Å². The zero-order valence-corrected chi connectivity index (χ0v) is 19.0. The van der Waals surface area contributed by atoms with E-state index in [2.05, 4.69) is 11.9 Å². The summed E-state index contributed by atoms with van der Waals surface area (Å²) in [4.78, 5) is 2.17. The third-order valence-electron chi connectivity index (χ3n) is 7.89. The van der Waals surface area contributed by atoms with E-state index in [4.69, 9.17) is 14.2 Å². The summed E-state index contributed by atoms with van der Waals surface area (Å²) in [6, 6.07) is 4.82. The second kappa shape index (κ2) is 7.66. The van der Waals surface area contributed by atoms with Crippen LogP contribution in [0.3, 0.4) is 0 Å². The maximum atomic E-state index is 14.4. The van der Waals surface area contributed by atoms with Gasteiger partial charge < -0.3 is 14.2 Å². The molecule has 2 spiro atoms. The number of nitrogens with zero attached hydrogens (tertiary/aromatic N) is 2. The molecule has 31 heavy (non-hydrogen) atoms. The molecule has 1 aliphatic carbocycles. The number of benzene rings is 1. The third-order valence-corrected chi connectivity index (χ3v) is 9.82. The number of sulfonamides is 1. The van der Waals surface area contributed by atoms with E-state index < -0.39 is 15.8 Å². The zero-order chi connectivity index (χ0) is 21.9. The molecule has 0 N–H and O–H groups in total. The van der Waals surface area contributed by atoms with Crippen molar-refractivity contribution in [1.82, 2.24) is 9.21 Å². The second-order valence-electron chi connectivity index (χ2n) is 9.77. The first-order valence-electron chi connectivity index (χ1n) is 11.0. The van der Waals surface area contributed by atoms with Gasteiger partial charge in [0, 0.05) is 36.7 Å². The maximum Gasteiger partial charge on any atom is 0.245 e. The molecule has 172 valence electrons. The summed E-state index contributed by atoms with van der Waals surface area (Å²) in [5, 5.41) is 0. The number of likely N-dealkylation sites (N-methyl/N-ethyl adjacent to an activating group) is 1. The summed E-state index contributed by atoms with van der Waals surface area (Å²) in [6.45, 7) is 3.18. The average Bonchev–Trinajstić information content (AvgIpc) is 3.09. The van der Waals surface area contributed by atoms with Crippen LogP contribution in [0.5, 0.6) is 5.75 Å². The van der Waals surface area contributed by atoms with Gasteiger partial charge in [-0.05, 0) is 51.3 Å². The lowest BCUT2D eigenvalue weighted by Crippen LogP contribution is -2.60.